The van der Waals surface area contributed by atoms with Gasteiger partial charge in [0.25, 0.3) is 9.70 Å². The van der Waals surface area contributed by atoms with Crippen LogP contribution in [0.3, 0.4) is 0 Å². The highest BCUT2D eigenvalue weighted by atomic mass is 35.6. The van der Waals surface area contributed by atoms with Gasteiger partial charge in [-0.3, -0.25) is 9.69 Å². The average molecular weight is 662 g/mol. The Hall–Kier alpha value is -2.20. The molecule has 0 aromatic heterocycles. The molecule has 2 aliphatic heterocycles. The Morgan fingerprint density at radius 3 is 2.41 bits per heavy atom. The smallest absolute Gasteiger partial charge is 0.272 e. The van der Waals surface area contributed by atoms with E-state index in [9.17, 15) is 9.90 Å². The van der Waals surface area contributed by atoms with E-state index in [-0.39, 0.29) is 31.3 Å². The molecule has 0 radical (unpaired) electrons. The van der Waals surface area contributed by atoms with Gasteiger partial charge in [0.2, 0.25) is 0 Å². The van der Waals surface area contributed by atoms with E-state index in [0.29, 0.717) is 6.04 Å². The van der Waals surface area contributed by atoms with Crippen molar-refractivity contribution in [1.82, 2.24) is 10.2 Å². The van der Waals surface area contributed by atoms with Crippen molar-refractivity contribution in [3.05, 3.63) is 95.1 Å². The number of alkyl halides is 3. The summed E-state index contributed by atoms with van der Waals surface area (Å²) in [5.41, 5.74) is 5.76. The van der Waals surface area contributed by atoms with Crippen molar-refractivity contribution in [2.45, 2.75) is 61.2 Å². The normalized spacial score (nSPS) is 24.4. The van der Waals surface area contributed by atoms with Gasteiger partial charge in [-0.05, 0) is 53.3 Å². The van der Waals surface area contributed by atoms with Gasteiger partial charge in [0.15, 0.2) is 6.29 Å². The predicted molar refractivity (Wildman–Crippen MR) is 173 cm³/mol. The van der Waals surface area contributed by atoms with Crippen LogP contribution in [0, 0.1) is 5.92 Å². The molecule has 2 fully saturated rings. The summed E-state index contributed by atoms with van der Waals surface area (Å²) in [7, 11) is 1.76. The van der Waals surface area contributed by atoms with Crippen molar-refractivity contribution in [1.29, 1.82) is 0 Å². The molecule has 44 heavy (non-hydrogen) atoms. The van der Waals surface area contributed by atoms with Crippen LogP contribution in [-0.2, 0) is 32.2 Å². The molecule has 0 spiro atoms. The first-order chi connectivity index (χ1) is 21.2. The van der Waals surface area contributed by atoms with E-state index in [2.05, 4.69) is 17.1 Å². The second kappa shape index (κ2) is 14.9. The van der Waals surface area contributed by atoms with E-state index < -0.39 is 16.0 Å². The van der Waals surface area contributed by atoms with Crippen LogP contribution in [0.5, 0.6) is 0 Å². The number of carbonyl (C=O) groups excluding carboxylic acids is 1. The van der Waals surface area contributed by atoms with Crippen LogP contribution in [-0.4, -0.2) is 58.7 Å². The van der Waals surface area contributed by atoms with Crippen LogP contribution in [0.2, 0.25) is 0 Å². The number of likely N-dealkylation sites (tertiary alicyclic amines) is 1. The molecule has 7 nitrogen and oxygen atoms in total. The minimum atomic E-state index is -2.00. The Balaban J connectivity index is 1.34. The Morgan fingerprint density at radius 1 is 1.00 bits per heavy atom. The molecule has 5 atom stereocenters. The summed E-state index contributed by atoms with van der Waals surface area (Å²) in [5, 5.41) is 12.2. The number of hydrogen-bond acceptors (Lipinski definition) is 6. The van der Waals surface area contributed by atoms with Crippen molar-refractivity contribution in [2.75, 3.05) is 26.8 Å². The lowest BCUT2D eigenvalue weighted by Crippen LogP contribution is -2.46. The molecule has 3 aromatic rings. The van der Waals surface area contributed by atoms with E-state index in [0.717, 1.165) is 65.9 Å². The number of nitrogens with zero attached hydrogens (tertiary/aromatic N) is 1. The van der Waals surface area contributed by atoms with Crippen molar-refractivity contribution >= 4 is 40.7 Å². The SMILES string of the molecule is COC[C@@H]1CCCN1C[C@@H]1O[C@H](c2ccc(-c3cccc(CNC(=O)C(Cl)(Cl)Cl)c3)cc2)O[C@H](c2ccc(CO)cc2)[C@@H]1C. The number of nitrogens with one attached hydrogen (secondary N) is 1. The molecule has 0 unspecified atom stereocenters. The fourth-order valence-corrected chi connectivity index (χ4v) is 6.25. The number of carbonyl (C=O) groups is 1. The van der Waals surface area contributed by atoms with Gasteiger partial charge in [0.1, 0.15) is 0 Å². The zero-order chi connectivity index (χ0) is 31.3. The maximum atomic E-state index is 12.0. The molecule has 1 amide bonds. The van der Waals surface area contributed by atoms with Crippen molar-refractivity contribution in [2.24, 2.45) is 5.92 Å². The largest absolute Gasteiger partial charge is 0.392 e. The molecule has 2 aliphatic rings. The first-order valence-corrected chi connectivity index (χ1v) is 16.1. The minimum Gasteiger partial charge on any atom is -0.392 e. The fourth-order valence-electron chi connectivity index (χ4n) is 6.05. The maximum Gasteiger partial charge on any atom is 0.272 e. The zero-order valence-corrected chi connectivity index (χ0v) is 27.2. The van der Waals surface area contributed by atoms with Gasteiger partial charge >= 0.3 is 0 Å². The number of halogens is 3. The molecule has 2 heterocycles. The summed E-state index contributed by atoms with van der Waals surface area (Å²) in [6.07, 6.45) is 1.52. The van der Waals surface area contributed by atoms with Crippen molar-refractivity contribution in [3.8, 4) is 11.1 Å². The van der Waals surface area contributed by atoms with Crippen LogP contribution in [0.4, 0.5) is 0 Å². The van der Waals surface area contributed by atoms with Crippen LogP contribution in [0.25, 0.3) is 11.1 Å². The van der Waals surface area contributed by atoms with E-state index >= 15 is 0 Å². The van der Waals surface area contributed by atoms with E-state index in [1.54, 1.807) is 7.11 Å². The number of hydrogen-bond donors (Lipinski definition) is 2. The molecule has 236 valence electrons. The zero-order valence-electron chi connectivity index (χ0n) is 24.9. The Morgan fingerprint density at radius 2 is 1.73 bits per heavy atom. The number of aliphatic hydroxyl groups excluding tert-OH is 1. The average Bonchev–Trinajstić information content (AvgIpc) is 3.47. The molecule has 2 saturated heterocycles. The van der Waals surface area contributed by atoms with E-state index in [1.165, 1.54) is 0 Å². The Bertz CT molecular complexity index is 1380. The summed E-state index contributed by atoms with van der Waals surface area (Å²) in [6, 6.07) is 24.4. The highest BCUT2D eigenvalue weighted by Crippen LogP contribution is 2.42. The number of ether oxygens (including phenoxy) is 3. The number of benzene rings is 3. The van der Waals surface area contributed by atoms with Gasteiger partial charge in [-0.2, -0.15) is 0 Å². The topological polar surface area (TPSA) is 80.3 Å². The molecular formula is C34H39Cl3N2O5. The Labute approximate surface area is 274 Å². The van der Waals surface area contributed by atoms with Gasteiger partial charge in [0, 0.05) is 37.7 Å². The molecule has 0 aliphatic carbocycles. The second-order valence-electron chi connectivity index (χ2n) is 11.6. The standard InChI is InChI=1S/C34H39Cl3N2O5/c1-22-30(19-39-16-4-7-29(39)21-42-2)43-32(44-31(22)26-10-8-23(20-40)9-11-26)27-14-12-25(13-15-27)28-6-3-5-24(17-28)18-38-33(41)34(35,36)37/h3,5-6,8-15,17,22,29-32,40H,4,7,16,18-21H2,1-2H3,(H,38,41)/t22-,29+,30+,31+,32+/m1/s1. The lowest BCUT2D eigenvalue weighted by atomic mass is 9.89. The van der Waals surface area contributed by atoms with Crippen molar-refractivity contribution in [3.63, 3.8) is 0 Å². The highest BCUT2D eigenvalue weighted by Gasteiger charge is 2.40. The number of aliphatic hydroxyl groups is 1. The first-order valence-electron chi connectivity index (χ1n) is 14.9. The summed E-state index contributed by atoms with van der Waals surface area (Å²) in [6.45, 7) is 4.99. The molecular weight excluding hydrogens is 623 g/mol. The first kappa shape index (κ1) is 33.2. The third-order valence-corrected chi connectivity index (χ3v) is 9.06. The fraction of sp³-hybridized carbons (Fsp3) is 0.441. The summed E-state index contributed by atoms with van der Waals surface area (Å²) < 4.78 is 16.9. The van der Waals surface area contributed by atoms with Crippen LogP contribution in [0.15, 0.2) is 72.8 Å². The van der Waals surface area contributed by atoms with E-state index in [4.69, 9.17) is 49.0 Å². The quantitative estimate of drug-likeness (QED) is 0.235. The van der Waals surface area contributed by atoms with Gasteiger partial charge in [-0.25, -0.2) is 0 Å². The Kier molecular flexibility index (Phi) is 11.3. The number of methoxy groups -OCH3 is 1. The van der Waals surface area contributed by atoms with Gasteiger partial charge in [0.05, 0.1) is 25.4 Å². The maximum absolute atomic E-state index is 12.0. The monoisotopic (exact) mass is 660 g/mol. The van der Waals surface area contributed by atoms with Crippen LogP contribution < -0.4 is 5.32 Å². The van der Waals surface area contributed by atoms with Crippen LogP contribution in [0.1, 0.15) is 54.4 Å². The minimum absolute atomic E-state index is 0.00438. The van der Waals surface area contributed by atoms with Crippen molar-refractivity contribution < 1.29 is 24.1 Å². The van der Waals surface area contributed by atoms with E-state index in [1.807, 2.05) is 72.8 Å². The molecule has 0 bridgehead atoms. The van der Waals surface area contributed by atoms with Gasteiger partial charge in [-0.15, -0.1) is 0 Å². The lowest BCUT2D eigenvalue weighted by Gasteiger charge is -2.43. The third kappa shape index (κ3) is 8.14. The third-order valence-electron chi connectivity index (χ3n) is 8.55. The second-order valence-corrected chi connectivity index (χ2v) is 13.9. The van der Waals surface area contributed by atoms with Crippen LogP contribution >= 0.6 is 34.8 Å². The molecule has 2 N–H and O–H groups in total. The lowest BCUT2D eigenvalue weighted by molar-refractivity contribution is -0.276. The summed E-state index contributed by atoms with van der Waals surface area (Å²) in [5.74, 6) is -0.557. The highest BCUT2D eigenvalue weighted by molar-refractivity contribution is 6.76. The van der Waals surface area contributed by atoms with Gasteiger partial charge < -0.3 is 24.6 Å². The molecule has 3 aromatic carbocycles. The summed E-state index contributed by atoms with van der Waals surface area (Å²) in [4.78, 5) is 14.5. The molecule has 10 heteroatoms. The number of rotatable bonds is 10. The molecule has 5 rings (SSSR count). The van der Waals surface area contributed by atoms with Gasteiger partial charge in [-0.1, -0.05) is 108 Å². The molecule has 0 saturated carbocycles. The predicted octanol–water partition coefficient (Wildman–Crippen LogP) is 6.73. The summed E-state index contributed by atoms with van der Waals surface area (Å²) >= 11 is 17.0. The number of amides is 1.